The highest BCUT2D eigenvalue weighted by Gasteiger charge is 2.44. The molecular formula is C80H104Cl4N18O14P2. The van der Waals surface area contributed by atoms with E-state index in [0.29, 0.717) is 68.0 Å². The highest BCUT2D eigenvalue weighted by molar-refractivity contribution is 7.70. The molecule has 6 N–H and O–H groups in total. The number of rotatable bonds is 17. The van der Waals surface area contributed by atoms with E-state index in [1.54, 1.807) is 46.9 Å². The van der Waals surface area contributed by atoms with E-state index in [2.05, 4.69) is 75.6 Å². The first kappa shape index (κ1) is 90.0. The van der Waals surface area contributed by atoms with E-state index in [4.69, 9.17) is 90.3 Å². The zero-order chi connectivity index (χ0) is 84.3. The molecule has 8 aliphatic heterocycles. The summed E-state index contributed by atoms with van der Waals surface area (Å²) in [6.45, 7) is 18.0. The Morgan fingerprint density at radius 2 is 0.881 bits per heavy atom. The van der Waals surface area contributed by atoms with Gasteiger partial charge in [-0.3, -0.25) is 20.2 Å². The lowest BCUT2D eigenvalue weighted by atomic mass is 9.93. The second-order valence-corrected chi connectivity index (χ2v) is 38.5. The van der Waals surface area contributed by atoms with E-state index in [9.17, 15) is 29.4 Å². The molecule has 6 aromatic heterocycles. The van der Waals surface area contributed by atoms with E-state index in [1.807, 2.05) is 72.8 Å². The van der Waals surface area contributed by atoms with Crippen LogP contribution in [0.2, 0.25) is 20.5 Å². The highest BCUT2D eigenvalue weighted by Crippen LogP contribution is 2.44. The normalized spacial score (nSPS) is 21.3. The van der Waals surface area contributed by atoms with Gasteiger partial charge in [0.1, 0.15) is 52.6 Å². The fraction of sp³-hybridized carbons (Fsp3) is 0.500. The number of benzene rings is 2. The number of halogens is 4. The first-order valence-electron chi connectivity index (χ1n) is 39.3. The summed E-state index contributed by atoms with van der Waals surface area (Å²) >= 11 is 23.6. The van der Waals surface area contributed by atoms with Crippen molar-refractivity contribution in [1.82, 2.24) is 45.2 Å². The van der Waals surface area contributed by atoms with Crippen molar-refractivity contribution in [2.75, 3.05) is 170 Å². The SMILES string of the molecule is C1CCC2(CCNC2)OC1.COc1nc(Cl)ccc1[N+](=O)[O-].COc1nc(N2CCC3(CCCCO3)C2)ccc1N.COc1nc(N2CCC3(CCCCO3)C2)ccc1Nc1ncc(Cl)c(Nc2ccccc2P(C)(C)=O)n1.COc1nc(N2CCC3(CCCCO3)C2)ccc1[N+](=O)[O-].CP(C)(=O)c1ccccc1Nc1nc(Cl)ncc1Cl. The number of nitrogens with zero attached hydrogens (tertiary/aromatic N) is 13. The number of nitrogens with one attached hydrogen (secondary N) is 4. The fourth-order valence-electron chi connectivity index (χ4n) is 15.4. The quantitative estimate of drug-likeness (QED) is 0.0186. The molecule has 4 unspecified atom stereocenters. The van der Waals surface area contributed by atoms with Crippen molar-refractivity contribution in [1.29, 1.82) is 0 Å². The van der Waals surface area contributed by atoms with Gasteiger partial charge in [-0.1, -0.05) is 59.1 Å². The van der Waals surface area contributed by atoms with Crippen molar-refractivity contribution in [3.8, 4) is 23.5 Å². The molecule has 0 aliphatic carbocycles. The number of nitrogen functional groups attached to an aromatic ring is 1. The van der Waals surface area contributed by atoms with Gasteiger partial charge in [0, 0.05) is 95.0 Å². The van der Waals surface area contributed by atoms with Crippen molar-refractivity contribution >= 4 is 140 Å². The predicted octanol–water partition coefficient (Wildman–Crippen LogP) is 15.7. The predicted molar refractivity (Wildman–Crippen MR) is 464 cm³/mol. The van der Waals surface area contributed by atoms with Gasteiger partial charge in [-0.25, -0.2) is 9.97 Å². The molecule has 0 amide bonds. The third kappa shape index (κ3) is 23.8. The van der Waals surface area contributed by atoms with Crippen molar-refractivity contribution in [2.24, 2.45) is 0 Å². The standard InChI is InChI=1S/C26H32ClN6O3P.C14H19N3O4.C14H21N3O2.C12H12Cl2N3OP.C8H15NO.C6H5ClN2O3/c1-35-24-20(10-11-22(31-24)33-14-13-26(17-33)12-6-7-15-36-26)30-25-28-16-18(27)23(32-25)29-19-8-4-5-9-21(19)37(2,3)34;1-20-13-11(17(18)19)4-5-12(15-13)16-8-7-14(10-16)6-2-3-9-21-14;1-18-13-11(15)4-5-12(16-13)17-8-7-14(10-17)6-2-3-9-19-14;1-19(2,18)10-6-4-3-5-9(10)16-11-8(13)7-15-12(14)17-11;1-2-6-10-8(3-1)4-5-9-7-8;1-12-6-4(9(10)11)2-3-5(7)8-6/h4-5,8-11,16H,6-7,12-15,17H2,1-3H3,(H2,28,29,30,32);4-5H,2-3,6-10H2,1H3;4-5H,2-3,6-10,15H2,1H3;3-7H,1-2H3,(H,15,16,17);9H,1-7H2;2-3H,1H3. The van der Waals surface area contributed by atoms with E-state index in [-0.39, 0.29) is 56.0 Å². The third-order valence-corrected chi connectivity index (χ3v) is 25.6. The lowest BCUT2D eigenvalue weighted by Crippen LogP contribution is -2.39. The maximum absolute atomic E-state index is 12.8. The Bertz CT molecular complexity index is 4840. The second-order valence-electron chi connectivity index (χ2n) is 30.6. The van der Waals surface area contributed by atoms with E-state index in [1.165, 1.54) is 96.2 Å². The summed E-state index contributed by atoms with van der Waals surface area (Å²) in [5.74, 6) is 4.54. The number of anilines is 10. The first-order valence-corrected chi connectivity index (χ1v) is 46.0. The van der Waals surface area contributed by atoms with Crippen LogP contribution in [0.15, 0.2) is 109 Å². The van der Waals surface area contributed by atoms with Gasteiger partial charge in [-0.15, -0.1) is 0 Å². The van der Waals surface area contributed by atoms with Crippen LogP contribution in [-0.2, 0) is 28.1 Å². The summed E-state index contributed by atoms with van der Waals surface area (Å²) in [5.41, 5.74) is 8.31. The van der Waals surface area contributed by atoms with Crippen molar-refractivity contribution < 1.29 is 56.9 Å². The zero-order valence-electron chi connectivity index (χ0n) is 67.7. The summed E-state index contributed by atoms with van der Waals surface area (Å²) < 4.78 is 69.4. The molecule has 0 bridgehead atoms. The summed E-state index contributed by atoms with van der Waals surface area (Å²) in [6, 6.07) is 28.2. The Hall–Kier alpha value is -8.78. The van der Waals surface area contributed by atoms with E-state index < -0.39 is 24.1 Å². The van der Waals surface area contributed by atoms with Crippen LogP contribution in [0.1, 0.15) is 103 Å². The number of methoxy groups -OCH3 is 4. The minimum atomic E-state index is -2.51. The van der Waals surface area contributed by atoms with Gasteiger partial charge in [0.05, 0.1) is 90.1 Å². The van der Waals surface area contributed by atoms with Gasteiger partial charge < -0.3 is 88.7 Å². The number of para-hydroxylation sites is 2. The number of hydrogen-bond acceptors (Lipinski definition) is 30. The number of nitro groups is 2. The molecule has 636 valence electrons. The van der Waals surface area contributed by atoms with Crippen LogP contribution in [0, 0.1) is 20.2 Å². The molecule has 38 heteroatoms. The van der Waals surface area contributed by atoms with E-state index in [0.717, 1.165) is 152 Å². The number of pyridine rings is 4. The van der Waals surface area contributed by atoms with Crippen LogP contribution in [-0.4, -0.2) is 206 Å². The summed E-state index contributed by atoms with van der Waals surface area (Å²) in [4.78, 5) is 60.6. The average Bonchev–Trinajstić information content (AvgIpc) is 1.40. The molecule has 32 nitrogen and oxygen atoms in total. The van der Waals surface area contributed by atoms with Crippen LogP contribution in [0.4, 0.5) is 69.2 Å². The maximum atomic E-state index is 12.8. The molecule has 14 heterocycles. The number of ether oxygens (including phenoxy) is 8. The van der Waals surface area contributed by atoms with Crippen LogP contribution in [0.3, 0.4) is 0 Å². The molecule has 8 fully saturated rings. The second kappa shape index (κ2) is 41.0. The molecule has 118 heavy (non-hydrogen) atoms. The Labute approximate surface area is 707 Å². The Morgan fingerprint density at radius 3 is 1.32 bits per heavy atom. The molecule has 16 rings (SSSR count). The third-order valence-electron chi connectivity index (χ3n) is 21.6. The van der Waals surface area contributed by atoms with Gasteiger partial charge in [0.25, 0.3) is 11.8 Å². The minimum Gasteiger partial charge on any atom is -0.479 e. The van der Waals surface area contributed by atoms with E-state index >= 15 is 0 Å². The molecule has 8 saturated heterocycles. The molecular weight excluding hydrogens is 1640 g/mol. The molecule has 0 radical (unpaired) electrons. The lowest BCUT2D eigenvalue weighted by Gasteiger charge is -2.33. The molecule has 2 aromatic carbocycles. The Kier molecular flexibility index (Phi) is 31.3. The minimum absolute atomic E-state index is 0.0491. The molecule has 4 atom stereocenters. The average molecular weight is 1750 g/mol. The van der Waals surface area contributed by atoms with Crippen LogP contribution >= 0.6 is 60.7 Å². The Morgan fingerprint density at radius 1 is 0.466 bits per heavy atom. The smallest absolute Gasteiger partial charge is 0.331 e. The number of nitrogens with two attached hydrogens (primary N) is 1. The van der Waals surface area contributed by atoms with Crippen molar-refractivity contribution in [3.05, 3.63) is 150 Å². The maximum Gasteiger partial charge on any atom is 0.331 e. The summed E-state index contributed by atoms with van der Waals surface area (Å²) in [5, 5.41) is 36.5. The number of hydrogen-bond donors (Lipinski definition) is 5. The van der Waals surface area contributed by atoms with Crippen LogP contribution in [0.5, 0.6) is 23.5 Å². The fourth-order valence-corrected chi connectivity index (χ4v) is 18.3. The van der Waals surface area contributed by atoms with Gasteiger partial charge >= 0.3 is 11.4 Å². The van der Waals surface area contributed by atoms with Gasteiger partial charge in [0.15, 0.2) is 11.6 Å². The Balaban J connectivity index is 0.000000146. The zero-order valence-corrected chi connectivity index (χ0v) is 72.5. The monoisotopic (exact) mass is 1740 g/mol. The molecule has 8 aliphatic rings. The molecule has 0 saturated carbocycles. The first-order chi connectivity index (χ1) is 56.6. The highest BCUT2D eigenvalue weighted by atomic mass is 35.5. The number of aromatic nitrogens is 8. The van der Waals surface area contributed by atoms with Crippen molar-refractivity contribution in [3.63, 3.8) is 0 Å². The molecule has 4 spiro atoms. The largest absolute Gasteiger partial charge is 0.479 e. The van der Waals surface area contributed by atoms with Crippen LogP contribution in [0.25, 0.3) is 0 Å². The van der Waals surface area contributed by atoms with Crippen LogP contribution < -0.4 is 71.3 Å². The molecule has 8 aromatic rings. The van der Waals surface area contributed by atoms with Gasteiger partial charge in [-0.2, -0.15) is 29.9 Å². The van der Waals surface area contributed by atoms with Gasteiger partial charge in [0.2, 0.25) is 23.0 Å². The lowest BCUT2D eigenvalue weighted by molar-refractivity contribution is -0.386. The van der Waals surface area contributed by atoms with Gasteiger partial charge in [-0.05, 0) is 208 Å². The topological polar surface area (TPSA) is 381 Å². The summed E-state index contributed by atoms with van der Waals surface area (Å²) in [7, 11) is 0.968. The summed E-state index contributed by atoms with van der Waals surface area (Å²) in [6.07, 6.45) is 21.6. The van der Waals surface area contributed by atoms with Crippen molar-refractivity contribution in [2.45, 2.75) is 125 Å².